The van der Waals surface area contributed by atoms with E-state index in [2.05, 4.69) is 20.8 Å². The summed E-state index contributed by atoms with van der Waals surface area (Å²) < 4.78 is 5.74. The van der Waals surface area contributed by atoms with Gasteiger partial charge in [-0.3, -0.25) is 4.79 Å². The normalized spacial score (nSPS) is 21.3. The minimum atomic E-state index is 0.151. The van der Waals surface area contributed by atoms with Gasteiger partial charge in [0.1, 0.15) is 5.75 Å². The fraction of sp³-hybridized carbons (Fsp3) is 0.650. The molecular weight excluding hydrogens is 286 g/mol. The fourth-order valence-electron chi connectivity index (χ4n) is 3.42. The van der Waals surface area contributed by atoms with Gasteiger partial charge in [0.15, 0.2) is 0 Å². The number of carbonyl (C=O) groups is 1. The molecule has 0 aliphatic carbocycles. The Bertz CT molecular complexity index is 473. The van der Waals surface area contributed by atoms with E-state index < -0.39 is 0 Å². The molecule has 3 nitrogen and oxygen atoms in total. The lowest BCUT2D eigenvalue weighted by molar-refractivity contribution is 0.0623. The van der Waals surface area contributed by atoms with Crippen LogP contribution in [0.1, 0.15) is 63.2 Å². The van der Waals surface area contributed by atoms with E-state index in [9.17, 15) is 4.79 Å². The first kappa shape index (κ1) is 17.8. The van der Waals surface area contributed by atoms with Crippen LogP contribution in [0.25, 0.3) is 0 Å². The number of nitrogens with zero attached hydrogens (tertiary/aromatic N) is 1. The first-order valence-electron chi connectivity index (χ1n) is 9.12. The van der Waals surface area contributed by atoms with Crippen LogP contribution < -0.4 is 4.74 Å². The Morgan fingerprint density at radius 1 is 1.09 bits per heavy atom. The van der Waals surface area contributed by atoms with E-state index in [0.717, 1.165) is 37.4 Å². The van der Waals surface area contributed by atoms with Gasteiger partial charge in [0, 0.05) is 18.7 Å². The van der Waals surface area contributed by atoms with Crippen molar-refractivity contribution in [1.29, 1.82) is 0 Å². The standard InChI is InChI=1S/C20H31NO2/c1-4-5-6-7-12-23-19-10-8-18(9-11-19)20(22)21-14-16(2)13-17(3)15-21/h8-11,16-17H,4-7,12-15H2,1-3H3. The molecule has 1 aromatic carbocycles. The van der Waals surface area contributed by atoms with Crippen molar-refractivity contribution in [3.8, 4) is 5.75 Å². The lowest BCUT2D eigenvalue weighted by Crippen LogP contribution is -2.42. The number of carbonyl (C=O) groups excluding carboxylic acids is 1. The van der Waals surface area contributed by atoms with Crippen LogP contribution in [0.5, 0.6) is 5.75 Å². The molecule has 23 heavy (non-hydrogen) atoms. The number of unbranched alkanes of at least 4 members (excludes halogenated alkanes) is 3. The molecule has 0 spiro atoms. The summed E-state index contributed by atoms with van der Waals surface area (Å²) >= 11 is 0. The highest BCUT2D eigenvalue weighted by molar-refractivity contribution is 5.94. The Labute approximate surface area is 141 Å². The molecule has 1 aliphatic rings. The second kappa shape index (κ2) is 8.95. The molecule has 1 saturated heterocycles. The molecule has 1 heterocycles. The summed E-state index contributed by atoms with van der Waals surface area (Å²) in [4.78, 5) is 14.6. The highest BCUT2D eigenvalue weighted by Gasteiger charge is 2.25. The maximum Gasteiger partial charge on any atom is 0.253 e. The van der Waals surface area contributed by atoms with Crippen molar-refractivity contribution in [3.05, 3.63) is 29.8 Å². The molecule has 1 amide bonds. The van der Waals surface area contributed by atoms with Crippen molar-refractivity contribution in [2.24, 2.45) is 11.8 Å². The predicted octanol–water partition coefficient (Wildman–Crippen LogP) is 4.76. The third-order valence-electron chi connectivity index (χ3n) is 4.52. The van der Waals surface area contributed by atoms with Gasteiger partial charge in [-0.2, -0.15) is 0 Å². The second-order valence-electron chi connectivity index (χ2n) is 7.09. The molecule has 2 rings (SSSR count). The molecule has 1 aliphatic heterocycles. The Kier molecular flexibility index (Phi) is 6.94. The molecule has 0 bridgehead atoms. The zero-order valence-electron chi connectivity index (χ0n) is 14.9. The number of ether oxygens (including phenoxy) is 1. The zero-order chi connectivity index (χ0) is 16.7. The first-order chi connectivity index (χ1) is 11.1. The first-order valence-corrected chi connectivity index (χ1v) is 9.12. The molecule has 2 unspecified atom stereocenters. The minimum Gasteiger partial charge on any atom is -0.494 e. The van der Waals surface area contributed by atoms with Crippen molar-refractivity contribution >= 4 is 5.91 Å². The smallest absolute Gasteiger partial charge is 0.253 e. The van der Waals surface area contributed by atoms with E-state index in [1.165, 1.54) is 25.7 Å². The van der Waals surface area contributed by atoms with Crippen LogP contribution in [-0.2, 0) is 0 Å². The summed E-state index contributed by atoms with van der Waals surface area (Å²) in [6.45, 7) is 9.17. The van der Waals surface area contributed by atoms with Gasteiger partial charge < -0.3 is 9.64 Å². The highest BCUT2D eigenvalue weighted by Crippen LogP contribution is 2.23. The third-order valence-corrected chi connectivity index (χ3v) is 4.52. The molecule has 0 N–H and O–H groups in total. The van der Waals surface area contributed by atoms with Crippen LogP contribution in [0.15, 0.2) is 24.3 Å². The number of hydrogen-bond acceptors (Lipinski definition) is 2. The van der Waals surface area contributed by atoms with Gasteiger partial charge in [-0.25, -0.2) is 0 Å². The second-order valence-corrected chi connectivity index (χ2v) is 7.09. The maximum atomic E-state index is 12.6. The largest absolute Gasteiger partial charge is 0.494 e. The summed E-state index contributed by atoms with van der Waals surface area (Å²) in [6, 6.07) is 7.63. The van der Waals surface area contributed by atoms with Gasteiger partial charge in [0.05, 0.1) is 6.61 Å². The van der Waals surface area contributed by atoms with Crippen LogP contribution in [-0.4, -0.2) is 30.5 Å². The third kappa shape index (κ3) is 5.56. The molecule has 2 atom stereocenters. The van der Waals surface area contributed by atoms with Crippen molar-refractivity contribution in [2.45, 2.75) is 52.9 Å². The number of piperidine rings is 1. The zero-order valence-corrected chi connectivity index (χ0v) is 14.9. The van der Waals surface area contributed by atoms with E-state index in [-0.39, 0.29) is 5.91 Å². The number of benzene rings is 1. The molecule has 0 saturated carbocycles. The lowest BCUT2D eigenvalue weighted by atomic mass is 9.91. The summed E-state index contributed by atoms with van der Waals surface area (Å²) in [5.74, 6) is 2.19. The maximum absolute atomic E-state index is 12.6. The van der Waals surface area contributed by atoms with Gasteiger partial charge in [0.2, 0.25) is 0 Å². The van der Waals surface area contributed by atoms with E-state index >= 15 is 0 Å². The highest BCUT2D eigenvalue weighted by atomic mass is 16.5. The van der Waals surface area contributed by atoms with Crippen LogP contribution in [0.2, 0.25) is 0 Å². The monoisotopic (exact) mass is 317 g/mol. The average molecular weight is 317 g/mol. The number of amides is 1. The number of hydrogen-bond donors (Lipinski definition) is 0. The van der Waals surface area contributed by atoms with Crippen molar-refractivity contribution in [2.75, 3.05) is 19.7 Å². The molecule has 1 aromatic rings. The van der Waals surface area contributed by atoms with Crippen LogP contribution >= 0.6 is 0 Å². The lowest BCUT2D eigenvalue weighted by Gasteiger charge is -2.35. The molecule has 1 fully saturated rings. The van der Waals surface area contributed by atoms with Crippen molar-refractivity contribution in [1.82, 2.24) is 4.90 Å². The number of likely N-dealkylation sites (tertiary alicyclic amines) is 1. The Morgan fingerprint density at radius 3 is 2.35 bits per heavy atom. The Balaban J connectivity index is 1.85. The van der Waals surface area contributed by atoms with Gasteiger partial charge >= 0.3 is 0 Å². The predicted molar refractivity (Wildman–Crippen MR) is 94.9 cm³/mol. The van der Waals surface area contributed by atoms with Crippen molar-refractivity contribution < 1.29 is 9.53 Å². The fourth-order valence-corrected chi connectivity index (χ4v) is 3.42. The molecule has 0 radical (unpaired) electrons. The Morgan fingerprint density at radius 2 is 1.74 bits per heavy atom. The summed E-state index contributed by atoms with van der Waals surface area (Å²) in [5.41, 5.74) is 0.768. The van der Waals surface area contributed by atoms with Crippen molar-refractivity contribution in [3.63, 3.8) is 0 Å². The van der Waals surface area contributed by atoms with Gasteiger partial charge in [-0.05, 0) is 48.9 Å². The molecule has 128 valence electrons. The van der Waals surface area contributed by atoms with Gasteiger partial charge in [-0.1, -0.05) is 40.0 Å². The average Bonchev–Trinajstić information content (AvgIpc) is 2.54. The van der Waals surface area contributed by atoms with Crippen LogP contribution in [0.3, 0.4) is 0 Å². The van der Waals surface area contributed by atoms with Gasteiger partial charge in [0.25, 0.3) is 5.91 Å². The summed E-state index contributed by atoms with van der Waals surface area (Å²) in [7, 11) is 0. The SMILES string of the molecule is CCCCCCOc1ccc(C(=O)N2CC(C)CC(C)C2)cc1. The summed E-state index contributed by atoms with van der Waals surface area (Å²) in [6.07, 6.45) is 6.04. The van der Waals surface area contributed by atoms with Crippen LogP contribution in [0.4, 0.5) is 0 Å². The van der Waals surface area contributed by atoms with E-state index in [4.69, 9.17) is 4.74 Å². The van der Waals surface area contributed by atoms with Gasteiger partial charge in [-0.15, -0.1) is 0 Å². The van der Waals surface area contributed by atoms with Crippen LogP contribution in [0, 0.1) is 11.8 Å². The quantitative estimate of drug-likeness (QED) is 0.678. The van der Waals surface area contributed by atoms with E-state index in [1.807, 2.05) is 29.2 Å². The minimum absolute atomic E-state index is 0.151. The van der Waals surface area contributed by atoms with E-state index in [0.29, 0.717) is 11.8 Å². The number of rotatable bonds is 7. The van der Waals surface area contributed by atoms with E-state index in [1.54, 1.807) is 0 Å². The molecule has 0 aromatic heterocycles. The molecular formula is C20H31NO2. The topological polar surface area (TPSA) is 29.5 Å². The molecule has 3 heteroatoms. The summed E-state index contributed by atoms with van der Waals surface area (Å²) in [5, 5.41) is 0. The Hall–Kier alpha value is -1.51.